The molecule has 0 aromatic rings. The van der Waals surface area contributed by atoms with Gasteiger partial charge in [-0.25, -0.2) is 0 Å². The van der Waals surface area contributed by atoms with Gasteiger partial charge >= 0.3 is 0 Å². The Morgan fingerprint density at radius 2 is 1.91 bits per heavy atom. The molecule has 1 saturated heterocycles. The molecule has 1 saturated carbocycles. The van der Waals surface area contributed by atoms with Gasteiger partial charge in [-0.2, -0.15) is 0 Å². The van der Waals surface area contributed by atoms with Crippen molar-refractivity contribution in [2.75, 3.05) is 6.54 Å². The van der Waals surface area contributed by atoms with E-state index >= 15 is 0 Å². The van der Waals surface area contributed by atoms with E-state index in [2.05, 4.69) is 5.32 Å². The van der Waals surface area contributed by atoms with Crippen molar-refractivity contribution in [1.29, 1.82) is 0 Å². The molecule has 1 nitrogen and oxygen atoms in total. The predicted molar refractivity (Wildman–Crippen MR) is 50.7 cm³/mol. The van der Waals surface area contributed by atoms with Crippen LogP contribution >= 0.6 is 12.2 Å². The molecular weight excluding hydrogens is 154 g/mol. The molecule has 0 aromatic carbocycles. The minimum atomic E-state index is 0.593. The summed E-state index contributed by atoms with van der Waals surface area (Å²) < 4.78 is 0. The number of rotatable bonds is 0. The van der Waals surface area contributed by atoms with Crippen LogP contribution in [0.25, 0.3) is 0 Å². The lowest BCUT2D eigenvalue weighted by atomic mass is 9.74. The second kappa shape index (κ2) is 2.74. The third-order valence-corrected chi connectivity index (χ3v) is 3.40. The minimum absolute atomic E-state index is 0.593. The maximum atomic E-state index is 5.16. The Bertz CT molecular complexity index is 170. The molecule has 62 valence electrons. The smallest absolute Gasteiger partial charge is 0.0759 e. The van der Waals surface area contributed by atoms with Crippen LogP contribution in [0.15, 0.2) is 0 Å². The highest BCUT2D eigenvalue weighted by atomic mass is 32.1. The lowest BCUT2D eigenvalue weighted by Crippen LogP contribution is -2.26. The van der Waals surface area contributed by atoms with Gasteiger partial charge in [0.2, 0.25) is 0 Å². The molecule has 0 unspecified atom stereocenters. The molecule has 1 aliphatic carbocycles. The van der Waals surface area contributed by atoms with Crippen molar-refractivity contribution in [3.63, 3.8) is 0 Å². The minimum Gasteiger partial charge on any atom is -0.379 e. The zero-order valence-corrected chi connectivity index (χ0v) is 7.67. The molecule has 0 aromatic heterocycles. The van der Waals surface area contributed by atoms with E-state index in [0.29, 0.717) is 5.41 Å². The zero-order valence-electron chi connectivity index (χ0n) is 6.86. The van der Waals surface area contributed by atoms with Gasteiger partial charge < -0.3 is 5.32 Å². The van der Waals surface area contributed by atoms with Gasteiger partial charge in [-0.05, 0) is 18.3 Å². The quantitative estimate of drug-likeness (QED) is 0.558. The summed E-state index contributed by atoms with van der Waals surface area (Å²) in [5, 5.41) is 3.31. The Labute approximate surface area is 73.6 Å². The molecule has 1 spiro atoms. The molecule has 0 amide bonds. The van der Waals surface area contributed by atoms with Crippen molar-refractivity contribution >= 4 is 17.2 Å². The molecule has 2 aliphatic rings. The summed E-state index contributed by atoms with van der Waals surface area (Å²) in [6.07, 6.45) is 8.26. The third kappa shape index (κ3) is 1.41. The molecule has 2 rings (SSSR count). The van der Waals surface area contributed by atoms with Gasteiger partial charge in [-0.15, -0.1) is 0 Å². The van der Waals surface area contributed by atoms with Crippen molar-refractivity contribution < 1.29 is 0 Å². The van der Waals surface area contributed by atoms with Gasteiger partial charge in [0.1, 0.15) is 0 Å². The highest BCUT2D eigenvalue weighted by Gasteiger charge is 2.36. The molecule has 2 heteroatoms. The molecule has 1 N–H and O–H groups in total. The van der Waals surface area contributed by atoms with Gasteiger partial charge in [-0.3, -0.25) is 0 Å². The third-order valence-electron chi connectivity index (χ3n) is 3.11. The fourth-order valence-corrected chi connectivity index (χ4v) is 2.79. The lowest BCUT2D eigenvalue weighted by Gasteiger charge is -2.31. The average molecular weight is 169 g/mol. The summed E-state index contributed by atoms with van der Waals surface area (Å²) in [6, 6.07) is 0. The highest BCUT2D eigenvalue weighted by Crippen LogP contribution is 2.41. The summed E-state index contributed by atoms with van der Waals surface area (Å²) in [7, 11) is 0. The van der Waals surface area contributed by atoms with Crippen LogP contribution in [-0.4, -0.2) is 11.5 Å². The monoisotopic (exact) mass is 169 g/mol. The van der Waals surface area contributed by atoms with Crippen molar-refractivity contribution in [3.8, 4) is 0 Å². The largest absolute Gasteiger partial charge is 0.379 e. The van der Waals surface area contributed by atoms with Crippen molar-refractivity contribution in [2.24, 2.45) is 5.41 Å². The standard InChI is InChI=1S/C9H15NS/c11-8-6-9(7-10-8)4-2-1-3-5-9/h1-7H2,(H,10,11). The molecule has 11 heavy (non-hydrogen) atoms. The van der Waals surface area contributed by atoms with Crippen molar-refractivity contribution in [3.05, 3.63) is 0 Å². The number of hydrogen-bond acceptors (Lipinski definition) is 1. The van der Waals surface area contributed by atoms with E-state index in [1.807, 2.05) is 0 Å². The van der Waals surface area contributed by atoms with Crippen LogP contribution < -0.4 is 5.32 Å². The summed E-state index contributed by atoms with van der Waals surface area (Å²) in [5.41, 5.74) is 0.593. The van der Waals surface area contributed by atoms with E-state index < -0.39 is 0 Å². The SMILES string of the molecule is S=C1CC2(CCCCC2)CN1. The molecule has 0 bridgehead atoms. The first-order valence-corrected chi connectivity index (χ1v) is 4.98. The van der Waals surface area contributed by atoms with E-state index in [1.54, 1.807) is 0 Å². The topological polar surface area (TPSA) is 12.0 Å². The maximum absolute atomic E-state index is 5.16. The summed E-state index contributed by atoms with van der Waals surface area (Å²) >= 11 is 5.16. The fraction of sp³-hybridized carbons (Fsp3) is 0.889. The predicted octanol–water partition coefficient (Wildman–Crippen LogP) is 2.26. The van der Waals surface area contributed by atoms with E-state index in [-0.39, 0.29) is 0 Å². The second-order valence-corrected chi connectivity index (χ2v) is 4.51. The average Bonchev–Trinajstić information content (AvgIpc) is 2.34. The van der Waals surface area contributed by atoms with E-state index in [1.165, 1.54) is 38.5 Å². The molecule has 1 aliphatic heterocycles. The second-order valence-electron chi connectivity index (χ2n) is 4.01. The van der Waals surface area contributed by atoms with Crippen molar-refractivity contribution in [1.82, 2.24) is 5.32 Å². The molecule has 0 radical (unpaired) electrons. The Morgan fingerprint density at radius 3 is 2.45 bits per heavy atom. The highest BCUT2D eigenvalue weighted by molar-refractivity contribution is 7.80. The van der Waals surface area contributed by atoms with Crippen LogP contribution in [0, 0.1) is 5.41 Å². The van der Waals surface area contributed by atoms with Crippen LogP contribution in [0.4, 0.5) is 0 Å². The normalized spacial score (nSPS) is 28.9. The molecule has 1 heterocycles. The summed E-state index contributed by atoms with van der Waals surface area (Å²) in [5.74, 6) is 0. The Hall–Kier alpha value is -0.110. The van der Waals surface area contributed by atoms with E-state index in [9.17, 15) is 0 Å². The van der Waals surface area contributed by atoms with E-state index in [0.717, 1.165) is 11.5 Å². The Balaban J connectivity index is 2.03. The molecular formula is C9H15NS. The van der Waals surface area contributed by atoms with Gasteiger partial charge in [0.15, 0.2) is 0 Å². The molecule has 0 atom stereocenters. The number of thiocarbonyl (C=S) groups is 1. The van der Waals surface area contributed by atoms with Crippen LogP contribution in [0.2, 0.25) is 0 Å². The van der Waals surface area contributed by atoms with Crippen LogP contribution in [0.3, 0.4) is 0 Å². The Morgan fingerprint density at radius 1 is 1.18 bits per heavy atom. The van der Waals surface area contributed by atoms with Gasteiger partial charge in [0.05, 0.1) is 4.99 Å². The summed E-state index contributed by atoms with van der Waals surface area (Å²) in [4.78, 5) is 1.10. The van der Waals surface area contributed by atoms with Gasteiger partial charge in [0, 0.05) is 13.0 Å². The Kier molecular flexibility index (Phi) is 1.88. The maximum Gasteiger partial charge on any atom is 0.0759 e. The van der Waals surface area contributed by atoms with Crippen LogP contribution in [0.1, 0.15) is 38.5 Å². The first kappa shape index (κ1) is 7.53. The number of nitrogens with one attached hydrogen (secondary N) is 1. The van der Waals surface area contributed by atoms with Crippen LogP contribution in [0.5, 0.6) is 0 Å². The zero-order chi connectivity index (χ0) is 7.73. The van der Waals surface area contributed by atoms with Gasteiger partial charge in [-0.1, -0.05) is 31.5 Å². The van der Waals surface area contributed by atoms with Gasteiger partial charge in [0.25, 0.3) is 0 Å². The first-order chi connectivity index (χ1) is 5.31. The number of hydrogen-bond donors (Lipinski definition) is 1. The van der Waals surface area contributed by atoms with Crippen LogP contribution in [-0.2, 0) is 0 Å². The summed E-state index contributed by atoms with van der Waals surface area (Å²) in [6.45, 7) is 1.16. The first-order valence-electron chi connectivity index (χ1n) is 4.58. The van der Waals surface area contributed by atoms with Crippen molar-refractivity contribution in [2.45, 2.75) is 38.5 Å². The molecule has 2 fully saturated rings. The fourth-order valence-electron chi connectivity index (χ4n) is 2.41. The lowest BCUT2D eigenvalue weighted by molar-refractivity contribution is 0.221. The van der Waals surface area contributed by atoms with E-state index in [4.69, 9.17) is 12.2 Å².